The van der Waals surface area contributed by atoms with Crippen molar-refractivity contribution in [1.29, 1.82) is 0 Å². The third kappa shape index (κ3) is 3.73. The van der Waals surface area contributed by atoms with Gasteiger partial charge in [0.25, 0.3) is 5.91 Å². The molecule has 1 heterocycles. The molecule has 0 radical (unpaired) electrons. The van der Waals surface area contributed by atoms with E-state index in [1.54, 1.807) is 18.2 Å². The minimum absolute atomic E-state index is 0.0177. The smallest absolute Gasteiger partial charge is 0.257 e. The molecule has 1 aliphatic rings. The number of carbonyl (C=O) groups excluding carboxylic acids is 1. The number of ether oxygens (including phenoxy) is 1. The molecule has 23 heavy (non-hydrogen) atoms. The average molecular weight is 359 g/mol. The van der Waals surface area contributed by atoms with Gasteiger partial charge >= 0.3 is 0 Å². The Morgan fingerprint density at radius 2 is 2.35 bits per heavy atom. The highest BCUT2D eigenvalue weighted by molar-refractivity contribution is 7.81. The average Bonchev–Trinajstić information content (AvgIpc) is 2.50. The van der Waals surface area contributed by atoms with Gasteiger partial charge in [0.2, 0.25) is 0 Å². The van der Waals surface area contributed by atoms with Crippen LogP contribution in [0.4, 0.5) is 10.1 Å². The molecule has 1 aliphatic heterocycles. The number of aliphatic hydroxyl groups is 1. The van der Waals surface area contributed by atoms with Crippen molar-refractivity contribution in [3.05, 3.63) is 34.6 Å². The second kappa shape index (κ2) is 7.61. The van der Waals surface area contributed by atoms with Crippen LogP contribution in [0.25, 0.3) is 0 Å². The molecule has 0 saturated heterocycles. The number of halogens is 2. The van der Waals surface area contributed by atoms with Crippen molar-refractivity contribution in [1.82, 2.24) is 5.32 Å². The number of methoxy groups -OCH3 is 1. The minimum atomic E-state index is -0.597. The standard InChI is InChI=1S/C15H16ClFN2O3S/c1-22-13-9(16)3-2-4-10(13)19-15(23)11-12(20)8(5-6-17)7-18-14(11)21/h2-4,8,20H,5-7H2,1H3,(H,18,21)(H,19,23). The van der Waals surface area contributed by atoms with Crippen LogP contribution in [-0.2, 0) is 4.79 Å². The van der Waals surface area contributed by atoms with Gasteiger partial charge in [0.15, 0.2) is 5.75 Å². The maximum Gasteiger partial charge on any atom is 0.257 e. The number of alkyl halides is 1. The number of rotatable bonds is 5. The topological polar surface area (TPSA) is 70.6 Å². The molecule has 0 aromatic heterocycles. The van der Waals surface area contributed by atoms with E-state index in [1.165, 1.54) is 7.11 Å². The zero-order chi connectivity index (χ0) is 17.0. The van der Waals surface area contributed by atoms with Crippen LogP contribution in [0, 0.1) is 5.92 Å². The van der Waals surface area contributed by atoms with Crippen molar-refractivity contribution in [2.75, 3.05) is 25.6 Å². The van der Waals surface area contributed by atoms with E-state index in [0.717, 1.165) is 0 Å². The minimum Gasteiger partial charge on any atom is -0.511 e. The summed E-state index contributed by atoms with van der Waals surface area (Å²) in [7, 11) is 1.46. The summed E-state index contributed by atoms with van der Waals surface area (Å²) in [5.74, 6) is -0.831. The van der Waals surface area contributed by atoms with Gasteiger partial charge in [-0.1, -0.05) is 29.9 Å². The predicted octanol–water partition coefficient (Wildman–Crippen LogP) is 3.01. The van der Waals surface area contributed by atoms with Crippen LogP contribution in [0.15, 0.2) is 29.5 Å². The van der Waals surface area contributed by atoms with E-state index in [1.807, 2.05) is 0 Å². The molecule has 3 N–H and O–H groups in total. The largest absolute Gasteiger partial charge is 0.511 e. The van der Waals surface area contributed by atoms with E-state index in [9.17, 15) is 14.3 Å². The summed E-state index contributed by atoms with van der Waals surface area (Å²) >= 11 is 11.2. The molecule has 0 spiro atoms. The van der Waals surface area contributed by atoms with Crippen LogP contribution in [-0.4, -0.2) is 36.3 Å². The van der Waals surface area contributed by atoms with Crippen LogP contribution >= 0.6 is 23.8 Å². The number of hydrogen-bond acceptors (Lipinski definition) is 4. The van der Waals surface area contributed by atoms with Gasteiger partial charge in [0, 0.05) is 12.5 Å². The molecule has 1 atom stereocenters. The number of thiocarbonyl (C=S) groups is 1. The maximum atomic E-state index is 12.5. The molecular formula is C15H16ClFN2O3S. The summed E-state index contributed by atoms with van der Waals surface area (Å²) in [5, 5.41) is 16.0. The summed E-state index contributed by atoms with van der Waals surface area (Å²) in [6.07, 6.45) is 0.110. The number of para-hydroxylation sites is 1. The Labute approximate surface area is 143 Å². The monoisotopic (exact) mass is 358 g/mol. The first kappa shape index (κ1) is 17.5. The predicted molar refractivity (Wildman–Crippen MR) is 91.0 cm³/mol. The highest BCUT2D eigenvalue weighted by atomic mass is 35.5. The first-order valence-electron chi connectivity index (χ1n) is 6.90. The van der Waals surface area contributed by atoms with Crippen molar-refractivity contribution < 1.29 is 19.0 Å². The van der Waals surface area contributed by atoms with Gasteiger partial charge in [0.05, 0.1) is 24.5 Å². The van der Waals surface area contributed by atoms with Gasteiger partial charge in [-0.2, -0.15) is 0 Å². The number of carbonyl (C=O) groups is 1. The number of benzene rings is 1. The van der Waals surface area contributed by atoms with Gasteiger partial charge in [-0.3, -0.25) is 9.18 Å². The molecule has 1 unspecified atom stereocenters. The molecule has 0 bridgehead atoms. The highest BCUT2D eigenvalue weighted by Crippen LogP contribution is 2.33. The van der Waals surface area contributed by atoms with Crippen LogP contribution in [0.3, 0.4) is 0 Å². The lowest BCUT2D eigenvalue weighted by molar-refractivity contribution is -0.118. The second-order valence-electron chi connectivity index (χ2n) is 4.92. The Kier molecular flexibility index (Phi) is 5.79. The first-order valence-corrected chi connectivity index (χ1v) is 7.69. The lowest BCUT2D eigenvalue weighted by Crippen LogP contribution is -2.41. The molecule has 2 rings (SSSR count). The lowest BCUT2D eigenvalue weighted by Gasteiger charge is -2.25. The van der Waals surface area contributed by atoms with Gasteiger partial charge in [-0.25, -0.2) is 0 Å². The Hall–Kier alpha value is -1.86. The van der Waals surface area contributed by atoms with Crippen molar-refractivity contribution >= 4 is 40.4 Å². The zero-order valence-corrected chi connectivity index (χ0v) is 13.9. The van der Waals surface area contributed by atoms with Gasteiger partial charge in [0.1, 0.15) is 16.3 Å². The van der Waals surface area contributed by atoms with Gasteiger partial charge < -0.3 is 20.5 Å². The fraction of sp³-hybridized carbons (Fsp3) is 0.333. The molecule has 0 saturated carbocycles. The molecule has 8 heteroatoms. The summed E-state index contributed by atoms with van der Waals surface area (Å²) in [4.78, 5) is 12.0. The Morgan fingerprint density at radius 1 is 1.61 bits per heavy atom. The van der Waals surface area contributed by atoms with Crippen molar-refractivity contribution in [3.63, 3.8) is 0 Å². The number of anilines is 1. The van der Waals surface area contributed by atoms with E-state index in [2.05, 4.69) is 10.6 Å². The fourth-order valence-corrected chi connectivity index (χ4v) is 2.87. The third-order valence-corrected chi connectivity index (χ3v) is 4.09. The van der Waals surface area contributed by atoms with Gasteiger partial charge in [-0.05, 0) is 18.6 Å². The summed E-state index contributed by atoms with van der Waals surface area (Å²) in [6.45, 7) is -0.415. The van der Waals surface area contributed by atoms with E-state index in [0.29, 0.717) is 16.5 Å². The number of nitrogens with one attached hydrogen (secondary N) is 2. The first-order chi connectivity index (χ1) is 11.0. The maximum absolute atomic E-state index is 12.5. The highest BCUT2D eigenvalue weighted by Gasteiger charge is 2.30. The third-order valence-electron chi connectivity index (χ3n) is 3.48. The molecule has 5 nitrogen and oxygen atoms in total. The molecule has 1 aromatic carbocycles. The SMILES string of the molecule is COc1c(Cl)cccc1NC(=S)C1=C(O)C(CCF)CNC1=O. The molecule has 124 valence electrons. The van der Waals surface area contributed by atoms with Gasteiger partial charge in [-0.15, -0.1) is 0 Å². The summed E-state index contributed by atoms with van der Waals surface area (Å²) in [6, 6.07) is 5.02. The fourth-order valence-electron chi connectivity index (χ4n) is 2.31. The normalized spacial score (nSPS) is 17.7. The number of aliphatic hydroxyl groups excluding tert-OH is 1. The lowest BCUT2D eigenvalue weighted by atomic mass is 9.95. The van der Waals surface area contributed by atoms with Crippen molar-refractivity contribution in [2.45, 2.75) is 6.42 Å². The molecule has 0 aliphatic carbocycles. The van der Waals surface area contributed by atoms with E-state index in [-0.39, 0.29) is 29.3 Å². The Balaban J connectivity index is 2.30. The van der Waals surface area contributed by atoms with Crippen molar-refractivity contribution in [3.8, 4) is 5.75 Å². The zero-order valence-electron chi connectivity index (χ0n) is 12.4. The molecular weight excluding hydrogens is 343 g/mol. The number of amides is 1. The quantitative estimate of drug-likeness (QED) is 0.706. The van der Waals surface area contributed by atoms with E-state index in [4.69, 9.17) is 28.6 Å². The van der Waals surface area contributed by atoms with E-state index < -0.39 is 18.5 Å². The summed E-state index contributed by atoms with van der Waals surface area (Å²) < 4.78 is 17.7. The Morgan fingerprint density at radius 3 is 3.00 bits per heavy atom. The van der Waals surface area contributed by atoms with E-state index >= 15 is 0 Å². The molecule has 0 fully saturated rings. The molecule has 1 amide bonds. The second-order valence-corrected chi connectivity index (χ2v) is 5.74. The Bertz CT molecular complexity index is 666. The summed E-state index contributed by atoms with van der Waals surface area (Å²) in [5.41, 5.74) is 0.400. The number of hydrogen-bond donors (Lipinski definition) is 3. The van der Waals surface area contributed by atoms with Crippen LogP contribution in [0.1, 0.15) is 6.42 Å². The van der Waals surface area contributed by atoms with Crippen LogP contribution in [0.5, 0.6) is 5.75 Å². The van der Waals surface area contributed by atoms with Crippen molar-refractivity contribution in [2.24, 2.45) is 5.92 Å². The van der Waals surface area contributed by atoms with Crippen LogP contribution in [0.2, 0.25) is 5.02 Å². The molecule has 1 aromatic rings. The van der Waals surface area contributed by atoms with Crippen LogP contribution < -0.4 is 15.4 Å².